The molecule has 0 saturated carbocycles. The van der Waals surface area contributed by atoms with Crippen LogP contribution in [0.25, 0.3) is 10.9 Å². The lowest BCUT2D eigenvalue weighted by Gasteiger charge is -2.36. The first-order chi connectivity index (χ1) is 19.0. The van der Waals surface area contributed by atoms with Crippen molar-refractivity contribution in [1.29, 1.82) is 0 Å². The summed E-state index contributed by atoms with van der Waals surface area (Å²) in [5, 5.41) is 13.5. The molecule has 204 valence electrons. The Hall–Kier alpha value is -4.25. The number of pyridine rings is 1. The van der Waals surface area contributed by atoms with Crippen LogP contribution < -0.4 is 15.0 Å². The summed E-state index contributed by atoms with van der Waals surface area (Å²) < 4.78 is 17.6. The summed E-state index contributed by atoms with van der Waals surface area (Å²) in [6, 6.07) is 14.6. The molecule has 39 heavy (non-hydrogen) atoms. The quantitative estimate of drug-likeness (QED) is 0.324. The van der Waals surface area contributed by atoms with Gasteiger partial charge in [0, 0.05) is 24.7 Å². The highest BCUT2D eigenvalue weighted by atomic mass is 16.5. The number of aromatic nitrogens is 5. The maximum Gasteiger partial charge on any atom is 0.309 e. The van der Waals surface area contributed by atoms with Crippen LogP contribution in [0.3, 0.4) is 0 Å². The molecule has 1 atom stereocenters. The van der Waals surface area contributed by atoms with Gasteiger partial charge in [-0.3, -0.25) is 14.5 Å². The Labute approximate surface area is 225 Å². The van der Waals surface area contributed by atoms with Crippen molar-refractivity contribution in [2.75, 3.05) is 33.9 Å². The lowest BCUT2D eigenvalue weighted by molar-refractivity contribution is -0.149. The van der Waals surface area contributed by atoms with E-state index in [1.54, 1.807) is 25.0 Å². The molecule has 1 fully saturated rings. The fourth-order valence-corrected chi connectivity index (χ4v) is 5.10. The predicted molar refractivity (Wildman–Crippen MR) is 144 cm³/mol. The molecule has 0 amide bonds. The number of carbonyl (C=O) groups is 1. The summed E-state index contributed by atoms with van der Waals surface area (Å²) in [5.74, 6) is 1.64. The Kier molecular flexibility index (Phi) is 7.87. The second kappa shape index (κ2) is 11.6. The molecule has 1 aliphatic heterocycles. The smallest absolute Gasteiger partial charge is 0.309 e. The third-order valence-electron chi connectivity index (χ3n) is 7.19. The van der Waals surface area contributed by atoms with Gasteiger partial charge in [0.15, 0.2) is 5.82 Å². The minimum absolute atomic E-state index is 0.167. The predicted octanol–water partition coefficient (Wildman–Crippen LogP) is 2.94. The van der Waals surface area contributed by atoms with Gasteiger partial charge in [-0.1, -0.05) is 12.1 Å². The number of nitrogens with zero attached hydrogens (tertiary/aromatic N) is 5. The van der Waals surface area contributed by atoms with Gasteiger partial charge in [0.25, 0.3) is 5.56 Å². The third-order valence-corrected chi connectivity index (χ3v) is 7.19. The lowest BCUT2D eigenvalue weighted by Crippen LogP contribution is -2.42. The zero-order valence-corrected chi connectivity index (χ0v) is 22.3. The molecule has 2 aromatic heterocycles. The summed E-state index contributed by atoms with van der Waals surface area (Å²) in [4.78, 5) is 31.1. The maximum atomic E-state index is 13.5. The molecule has 1 unspecified atom stereocenters. The Morgan fingerprint density at radius 3 is 2.46 bits per heavy atom. The molecule has 4 aromatic rings. The number of fused-ring (bicyclic) bond motifs is 1. The van der Waals surface area contributed by atoms with Crippen LogP contribution in [0.2, 0.25) is 0 Å². The monoisotopic (exact) mass is 532 g/mol. The SMILES string of the molecule is CCOC(=O)C1CCN(C(c2cc3ccc(OC)cc3[nH]c2=O)c2nnnn2Cc2ccc(OC)cc2)CC1. The molecule has 5 rings (SSSR count). The Balaban J connectivity index is 1.53. The summed E-state index contributed by atoms with van der Waals surface area (Å²) in [6.07, 6.45) is 1.25. The molecule has 0 bridgehead atoms. The van der Waals surface area contributed by atoms with Crippen LogP contribution in [0.1, 0.15) is 42.8 Å². The van der Waals surface area contributed by atoms with E-state index in [9.17, 15) is 9.59 Å². The van der Waals surface area contributed by atoms with Crippen molar-refractivity contribution in [3.05, 3.63) is 75.8 Å². The molecule has 11 nitrogen and oxygen atoms in total. The zero-order chi connectivity index (χ0) is 27.4. The lowest BCUT2D eigenvalue weighted by atomic mass is 9.94. The first-order valence-electron chi connectivity index (χ1n) is 13.0. The molecular formula is C28H32N6O5. The molecule has 11 heteroatoms. The number of carbonyl (C=O) groups excluding carboxylic acids is 1. The first-order valence-corrected chi connectivity index (χ1v) is 13.0. The number of methoxy groups -OCH3 is 2. The van der Waals surface area contributed by atoms with Crippen LogP contribution in [0.5, 0.6) is 11.5 Å². The van der Waals surface area contributed by atoms with Gasteiger partial charge in [0.2, 0.25) is 0 Å². The molecule has 1 N–H and O–H groups in total. The second-order valence-corrected chi connectivity index (χ2v) is 9.51. The number of aromatic amines is 1. The largest absolute Gasteiger partial charge is 0.497 e. The molecule has 3 heterocycles. The Morgan fingerprint density at radius 1 is 1.05 bits per heavy atom. The number of rotatable bonds is 9. The van der Waals surface area contributed by atoms with Crippen molar-refractivity contribution in [3.8, 4) is 11.5 Å². The number of benzene rings is 2. The van der Waals surface area contributed by atoms with Crippen LogP contribution in [0.15, 0.2) is 53.3 Å². The molecule has 0 spiro atoms. The van der Waals surface area contributed by atoms with Gasteiger partial charge in [0.05, 0.1) is 38.8 Å². The van der Waals surface area contributed by atoms with E-state index in [2.05, 4.69) is 25.4 Å². The van der Waals surface area contributed by atoms with Gasteiger partial charge in [-0.15, -0.1) is 5.10 Å². The normalized spacial score (nSPS) is 15.3. The first kappa shape index (κ1) is 26.4. The van der Waals surface area contributed by atoms with Crippen molar-refractivity contribution in [3.63, 3.8) is 0 Å². The van der Waals surface area contributed by atoms with Gasteiger partial charge < -0.3 is 19.2 Å². The maximum absolute atomic E-state index is 13.5. The summed E-state index contributed by atoms with van der Waals surface area (Å²) in [7, 11) is 3.22. The average molecular weight is 533 g/mol. The van der Waals surface area contributed by atoms with Crippen molar-refractivity contribution in [2.45, 2.75) is 32.4 Å². The molecule has 1 saturated heterocycles. The van der Waals surface area contributed by atoms with Crippen molar-refractivity contribution >= 4 is 16.9 Å². The molecule has 0 radical (unpaired) electrons. The van der Waals surface area contributed by atoms with Crippen LogP contribution in [-0.2, 0) is 16.1 Å². The van der Waals surface area contributed by atoms with Crippen molar-refractivity contribution in [1.82, 2.24) is 30.1 Å². The van der Waals surface area contributed by atoms with Gasteiger partial charge in [-0.2, -0.15) is 0 Å². The highest BCUT2D eigenvalue weighted by Crippen LogP contribution is 2.32. The fraction of sp³-hybridized carbons (Fsp3) is 0.393. The fourth-order valence-electron chi connectivity index (χ4n) is 5.10. The molecule has 1 aliphatic rings. The molecular weight excluding hydrogens is 500 g/mol. The summed E-state index contributed by atoms with van der Waals surface area (Å²) in [5.41, 5.74) is 1.98. The minimum Gasteiger partial charge on any atom is -0.497 e. The van der Waals surface area contributed by atoms with Crippen LogP contribution >= 0.6 is 0 Å². The standard InChI is InChI=1S/C28H32N6O5/c1-4-39-28(36)19-11-13-33(14-12-19)25(23-15-20-7-10-22(38-3)16-24(20)29-27(23)35)26-30-31-32-34(26)17-18-5-8-21(37-2)9-6-18/h5-10,15-16,19,25H,4,11-14,17H2,1-3H3,(H,29,35). The number of nitrogens with one attached hydrogen (secondary N) is 1. The van der Waals surface area contributed by atoms with Crippen molar-refractivity contribution in [2.24, 2.45) is 5.92 Å². The summed E-state index contributed by atoms with van der Waals surface area (Å²) in [6.45, 7) is 3.77. The van der Waals surface area contributed by atoms with E-state index in [-0.39, 0.29) is 17.4 Å². The minimum atomic E-state index is -0.517. The number of hydrogen-bond donors (Lipinski definition) is 1. The average Bonchev–Trinajstić information content (AvgIpc) is 3.41. The summed E-state index contributed by atoms with van der Waals surface area (Å²) >= 11 is 0. The Bertz CT molecular complexity index is 1490. The number of ether oxygens (including phenoxy) is 3. The van der Waals surface area contributed by atoms with E-state index in [0.29, 0.717) is 61.7 Å². The van der Waals surface area contributed by atoms with E-state index >= 15 is 0 Å². The number of tetrazole rings is 1. The van der Waals surface area contributed by atoms with Gasteiger partial charge >= 0.3 is 5.97 Å². The van der Waals surface area contributed by atoms with Crippen molar-refractivity contribution < 1.29 is 19.0 Å². The number of hydrogen-bond acceptors (Lipinski definition) is 9. The second-order valence-electron chi connectivity index (χ2n) is 9.51. The third kappa shape index (κ3) is 5.63. The molecule has 0 aliphatic carbocycles. The van der Waals surface area contributed by atoms with E-state index in [0.717, 1.165) is 16.7 Å². The van der Waals surface area contributed by atoms with E-state index in [4.69, 9.17) is 14.2 Å². The number of H-pyrrole nitrogens is 1. The highest BCUT2D eigenvalue weighted by molar-refractivity contribution is 5.80. The van der Waals surface area contributed by atoms with Crippen LogP contribution in [0, 0.1) is 5.92 Å². The van der Waals surface area contributed by atoms with Crippen LogP contribution in [-0.4, -0.2) is 70.0 Å². The van der Waals surface area contributed by atoms with Gasteiger partial charge in [-0.05, 0) is 71.5 Å². The van der Waals surface area contributed by atoms with Gasteiger partial charge in [-0.25, -0.2) is 4.68 Å². The Morgan fingerprint density at radius 2 is 1.77 bits per heavy atom. The van der Waals surface area contributed by atoms with Gasteiger partial charge in [0.1, 0.15) is 17.5 Å². The highest BCUT2D eigenvalue weighted by Gasteiger charge is 2.35. The van der Waals surface area contributed by atoms with E-state index < -0.39 is 6.04 Å². The number of esters is 1. The number of likely N-dealkylation sites (tertiary alicyclic amines) is 1. The van der Waals surface area contributed by atoms with E-state index in [1.807, 2.05) is 49.4 Å². The van der Waals surface area contributed by atoms with Crippen LogP contribution in [0.4, 0.5) is 0 Å². The zero-order valence-electron chi connectivity index (χ0n) is 22.3. The topological polar surface area (TPSA) is 124 Å². The van der Waals surface area contributed by atoms with E-state index in [1.165, 1.54) is 0 Å². The molecule has 2 aromatic carbocycles. The number of piperidine rings is 1.